The molecular formula is C15H11Cl2N3S2. The predicted molar refractivity (Wildman–Crippen MR) is 97.8 cm³/mol. The van der Waals surface area contributed by atoms with E-state index >= 15 is 0 Å². The van der Waals surface area contributed by atoms with E-state index in [9.17, 15) is 0 Å². The van der Waals surface area contributed by atoms with Crippen LogP contribution < -0.4 is 5.43 Å². The second kappa shape index (κ2) is 6.79. The number of halogens is 2. The van der Waals surface area contributed by atoms with Gasteiger partial charge in [0.2, 0.25) is 5.13 Å². The van der Waals surface area contributed by atoms with Crippen LogP contribution in [0.3, 0.4) is 0 Å². The lowest BCUT2D eigenvalue weighted by atomic mass is 10.2. The third kappa shape index (κ3) is 3.33. The predicted octanol–water partition coefficient (Wildman–Crippen LogP) is 5.93. The molecule has 3 aromatic rings. The maximum Gasteiger partial charge on any atom is 0.204 e. The van der Waals surface area contributed by atoms with Crippen molar-refractivity contribution in [2.24, 2.45) is 5.10 Å². The number of hydrogen-bond acceptors (Lipinski definition) is 5. The molecule has 0 radical (unpaired) electrons. The van der Waals surface area contributed by atoms with Crippen molar-refractivity contribution >= 4 is 57.2 Å². The summed E-state index contributed by atoms with van der Waals surface area (Å²) in [5.41, 5.74) is 4.70. The number of aromatic nitrogens is 1. The number of anilines is 1. The lowest BCUT2D eigenvalue weighted by Gasteiger charge is -1.99. The highest BCUT2D eigenvalue weighted by molar-refractivity contribution is 7.17. The van der Waals surface area contributed by atoms with Crippen molar-refractivity contribution in [3.63, 3.8) is 0 Å². The second-order valence-corrected chi connectivity index (χ2v) is 7.35. The Bertz CT molecular complexity index is 810. The normalized spacial score (nSPS) is 11.2. The first-order valence-electron chi connectivity index (χ1n) is 6.39. The summed E-state index contributed by atoms with van der Waals surface area (Å²) in [5.74, 6) is 0. The summed E-state index contributed by atoms with van der Waals surface area (Å²) in [6.07, 6.45) is 1.63. The van der Waals surface area contributed by atoms with Crippen LogP contribution in [0.15, 0.2) is 40.8 Å². The number of benzene rings is 1. The van der Waals surface area contributed by atoms with Gasteiger partial charge in [-0.05, 0) is 24.4 Å². The first-order chi connectivity index (χ1) is 10.6. The third-order valence-corrected chi connectivity index (χ3v) is 5.48. The molecule has 3 rings (SSSR count). The monoisotopic (exact) mass is 367 g/mol. The van der Waals surface area contributed by atoms with Gasteiger partial charge in [-0.25, -0.2) is 4.98 Å². The minimum Gasteiger partial charge on any atom is -0.253 e. The Kier molecular flexibility index (Phi) is 4.78. The number of aryl methyl sites for hydroxylation is 1. The van der Waals surface area contributed by atoms with Gasteiger partial charge in [0.25, 0.3) is 0 Å². The number of thiazole rings is 1. The second-order valence-electron chi connectivity index (χ2n) is 4.41. The molecule has 1 N–H and O–H groups in total. The summed E-state index contributed by atoms with van der Waals surface area (Å²) in [7, 11) is 0. The van der Waals surface area contributed by atoms with Gasteiger partial charge in [0, 0.05) is 10.4 Å². The zero-order chi connectivity index (χ0) is 15.5. The van der Waals surface area contributed by atoms with E-state index in [0.717, 1.165) is 26.1 Å². The fourth-order valence-corrected chi connectivity index (χ4v) is 3.83. The zero-order valence-corrected chi connectivity index (χ0v) is 14.7. The molecule has 0 aliphatic rings. The molecule has 0 amide bonds. The van der Waals surface area contributed by atoms with Crippen LogP contribution in [0.5, 0.6) is 0 Å². The Morgan fingerprint density at radius 2 is 2.09 bits per heavy atom. The summed E-state index contributed by atoms with van der Waals surface area (Å²) in [6, 6.07) is 9.50. The minimum atomic E-state index is 0.490. The molecule has 22 heavy (non-hydrogen) atoms. The van der Waals surface area contributed by atoms with E-state index in [1.54, 1.807) is 35.0 Å². The molecule has 0 saturated heterocycles. The largest absolute Gasteiger partial charge is 0.253 e. The summed E-state index contributed by atoms with van der Waals surface area (Å²) in [4.78, 5) is 6.88. The Hall–Kier alpha value is -1.40. The highest BCUT2D eigenvalue weighted by Crippen LogP contribution is 2.33. The maximum absolute atomic E-state index is 6.11. The van der Waals surface area contributed by atoms with E-state index in [-0.39, 0.29) is 0 Å². The van der Waals surface area contributed by atoms with E-state index in [1.165, 1.54) is 0 Å². The molecule has 0 saturated carbocycles. The van der Waals surface area contributed by atoms with Crippen LogP contribution in [0.4, 0.5) is 5.13 Å². The van der Waals surface area contributed by atoms with Gasteiger partial charge in [0.05, 0.1) is 26.8 Å². The highest BCUT2D eigenvalue weighted by atomic mass is 35.5. The van der Waals surface area contributed by atoms with Crippen LogP contribution >= 0.6 is 45.9 Å². The van der Waals surface area contributed by atoms with Crippen molar-refractivity contribution in [3.8, 4) is 10.6 Å². The third-order valence-electron chi connectivity index (χ3n) is 2.90. The molecule has 0 atom stereocenters. The van der Waals surface area contributed by atoms with Crippen molar-refractivity contribution in [3.05, 3.63) is 56.2 Å². The highest BCUT2D eigenvalue weighted by Gasteiger charge is 2.10. The Balaban J connectivity index is 1.76. The fraction of sp³-hybridized carbons (Fsp3) is 0.0667. The minimum absolute atomic E-state index is 0.490. The van der Waals surface area contributed by atoms with E-state index in [2.05, 4.69) is 28.5 Å². The topological polar surface area (TPSA) is 37.3 Å². The van der Waals surface area contributed by atoms with Gasteiger partial charge in [0.15, 0.2) is 0 Å². The molecule has 0 aliphatic heterocycles. The summed E-state index contributed by atoms with van der Waals surface area (Å²) < 4.78 is 0. The van der Waals surface area contributed by atoms with Gasteiger partial charge in [-0.1, -0.05) is 41.4 Å². The Morgan fingerprint density at radius 1 is 1.23 bits per heavy atom. The lowest BCUT2D eigenvalue weighted by molar-refractivity contribution is 1.29. The molecule has 7 heteroatoms. The number of rotatable bonds is 4. The Labute approximate surface area is 146 Å². The van der Waals surface area contributed by atoms with Crippen LogP contribution in [-0.2, 0) is 0 Å². The van der Waals surface area contributed by atoms with Crippen LogP contribution in [0.2, 0.25) is 10.0 Å². The number of nitrogens with zero attached hydrogens (tertiary/aromatic N) is 2. The SMILES string of the molecule is Cc1sc(N/N=C\c2cccc(Cl)c2Cl)nc1-c1cccs1. The van der Waals surface area contributed by atoms with E-state index < -0.39 is 0 Å². The van der Waals surface area contributed by atoms with Gasteiger partial charge >= 0.3 is 0 Å². The van der Waals surface area contributed by atoms with Gasteiger partial charge in [-0.3, -0.25) is 5.43 Å². The first-order valence-corrected chi connectivity index (χ1v) is 8.85. The van der Waals surface area contributed by atoms with Crippen molar-refractivity contribution in [1.82, 2.24) is 4.98 Å². The number of hydrogen-bond donors (Lipinski definition) is 1. The molecule has 2 heterocycles. The molecule has 1 aromatic carbocycles. The summed E-state index contributed by atoms with van der Waals surface area (Å²) in [6.45, 7) is 2.05. The fourth-order valence-electron chi connectivity index (χ4n) is 1.86. The molecule has 0 unspecified atom stereocenters. The van der Waals surface area contributed by atoms with Crippen LogP contribution in [-0.4, -0.2) is 11.2 Å². The molecule has 0 bridgehead atoms. The molecule has 2 aromatic heterocycles. The number of nitrogens with one attached hydrogen (secondary N) is 1. The summed E-state index contributed by atoms with van der Waals surface area (Å²) in [5, 5.41) is 7.97. The van der Waals surface area contributed by atoms with Crippen LogP contribution in [0, 0.1) is 6.92 Å². The Morgan fingerprint density at radius 3 is 2.86 bits per heavy atom. The van der Waals surface area contributed by atoms with Gasteiger partial charge < -0.3 is 0 Å². The average Bonchev–Trinajstić information content (AvgIpc) is 3.13. The van der Waals surface area contributed by atoms with Crippen molar-refractivity contribution in [2.45, 2.75) is 6.92 Å². The maximum atomic E-state index is 6.11. The first kappa shape index (κ1) is 15.5. The van der Waals surface area contributed by atoms with E-state index in [4.69, 9.17) is 23.2 Å². The van der Waals surface area contributed by atoms with E-state index in [0.29, 0.717) is 10.0 Å². The van der Waals surface area contributed by atoms with Crippen LogP contribution in [0.25, 0.3) is 10.6 Å². The van der Waals surface area contributed by atoms with Crippen molar-refractivity contribution in [1.29, 1.82) is 0 Å². The molecule has 0 fully saturated rings. The standard InChI is InChI=1S/C15H11Cl2N3S2/c1-9-14(12-6-3-7-21-12)19-15(22-9)20-18-8-10-4-2-5-11(16)13(10)17/h2-8H,1H3,(H,19,20)/b18-8-. The molecule has 0 spiro atoms. The molecule has 0 aliphatic carbocycles. The number of hydrazone groups is 1. The molecule has 112 valence electrons. The quantitative estimate of drug-likeness (QED) is 0.458. The average molecular weight is 368 g/mol. The lowest BCUT2D eigenvalue weighted by Crippen LogP contribution is -1.91. The van der Waals surface area contributed by atoms with Gasteiger partial charge in [0.1, 0.15) is 0 Å². The smallest absolute Gasteiger partial charge is 0.204 e. The zero-order valence-electron chi connectivity index (χ0n) is 11.5. The molecule has 3 nitrogen and oxygen atoms in total. The number of thiophene rings is 1. The van der Waals surface area contributed by atoms with Gasteiger partial charge in [-0.15, -0.1) is 22.7 Å². The van der Waals surface area contributed by atoms with Crippen LogP contribution in [0.1, 0.15) is 10.4 Å². The summed E-state index contributed by atoms with van der Waals surface area (Å²) >= 11 is 15.3. The molecular weight excluding hydrogens is 357 g/mol. The van der Waals surface area contributed by atoms with Crippen molar-refractivity contribution in [2.75, 3.05) is 5.43 Å². The van der Waals surface area contributed by atoms with Crippen molar-refractivity contribution < 1.29 is 0 Å². The van der Waals surface area contributed by atoms with Gasteiger partial charge in [-0.2, -0.15) is 5.10 Å². The van der Waals surface area contributed by atoms with E-state index in [1.807, 2.05) is 23.6 Å².